The minimum Gasteiger partial charge on any atom is -0.506 e. The fourth-order valence-electron chi connectivity index (χ4n) is 8.47. The second kappa shape index (κ2) is 4.64. The maximum absolute atomic E-state index is 12.9. The number of nitrogens with zero attached hydrogens (tertiary/aromatic N) is 2. The van der Waals surface area contributed by atoms with Crippen LogP contribution in [-0.2, 0) is 10.2 Å². The van der Waals surface area contributed by atoms with Gasteiger partial charge in [0, 0.05) is 18.4 Å². The van der Waals surface area contributed by atoms with E-state index >= 15 is 0 Å². The third-order valence-corrected chi connectivity index (χ3v) is 8.92. The molecule has 1 aromatic carbocycles. The molecule has 3 aliphatic heterocycles. The zero-order chi connectivity index (χ0) is 17.7. The van der Waals surface area contributed by atoms with Gasteiger partial charge in [-0.1, -0.05) is 18.6 Å². The summed E-state index contributed by atoms with van der Waals surface area (Å²) in [7, 11) is 0. The van der Waals surface area contributed by atoms with Crippen molar-refractivity contribution in [1.82, 2.24) is 4.90 Å². The normalized spacial score (nSPS) is 43.0. The van der Waals surface area contributed by atoms with E-state index < -0.39 is 0 Å². The summed E-state index contributed by atoms with van der Waals surface area (Å²) in [6, 6.07) is 6.54. The molecule has 26 heavy (non-hydrogen) atoms. The predicted octanol–water partition coefficient (Wildman–Crippen LogP) is 3.57. The average Bonchev–Trinajstić information content (AvgIpc) is 3.03. The Morgan fingerprint density at radius 3 is 2.77 bits per heavy atom. The Morgan fingerprint density at radius 2 is 1.92 bits per heavy atom. The highest BCUT2D eigenvalue weighted by Crippen LogP contribution is 2.73. The highest BCUT2D eigenvalue weighted by Gasteiger charge is 2.75. The number of para-hydroxylation sites is 1. The molecule has 0 unspecified atom stereocenters. The van der Waals surface area contributed by atoms with Crippen molar-refractivity contribution in [3.8, 4) is 5.75 Å². The van der Waals surface area contributed by atoms with Crippen molar-refractivity contribution in [1.29, 1.82) is 0 Å². The molecule has 6 aliphatic rings. The van der Waals surface area contributed by atoms with E-state index in [1.54, 1.807) is 13.0 Å². The first-order valence-corrected chi connectivity index (χ1v) is 10.4. The average molecular weight is 352 g/mol. The van der Waals surface area contributed by atoms with Gasteiger partial charge < -0.3 is 10.0 Å². The molecule has 2 saturated heterocycles. The molecule has 1 amide bonds. The Hall–Kier alpha value is -1.55. The fraction of sp³-hybridized carbons (Fsp3) is 0.682. The third kappa shape index (κ3) is 1.41. The van der Waals surface area contributed by atoms with E-state index in [-0.39, 0.29) is 16.9 Å². The van der Waals surface area contributed by atoms with Crippen molar-refractivity contribution in [3.05, 3.63) is 23.8 Å². The minimum absolute atomic E-state index is 0.0158. The molecule has 3 aliphatic carbocycles. The summed E-state index contributed by atoms with van der Waals surface area (Å²) in [5, 5.41) is 10.8. The number of anilines is 1. The topological polar surface area (TPSA) is 43.8 Å². The monoisotopic (exact) mass is 352 g/mol. The van der Waals surface area contributed by atoms with Gasteiger partial charge in [-0.3, -0.25) is 9.69 Å². The van der Waals surface area contributed by atoms with Crippen molar-refractivity contribution in [3.63, 3.8) is 0 Å². The standard InChI is InChI=1S/C22H28N2O2/c1-15(25)24-18-16(5-2-6-17(18)26)22-12-14-23-13-4-8-20(19(22)23)7-3-9-21(22,24)11-10-20/h2,5-6,19,26H,3-4,7-14H2,1H3/t19-,20+,21-,22+/m0/s1. The molecule has 4 atom stereocenters. The minimum atomic E-state index is -0.128. The smallest absolute Gasteiger partial charge is 0.224 e. The SMILES string of the molecule is CC(=O)N1c2c(O)cccc2[C@@]23CCN4CCC[C@@]5(CCC[C@@]12CC5)[C@H]43. The summed E-state index contributed by atoms with van der Waals surface area (Å²) >= 11 is 0. The number of phenols is 1. The number of carbonyl (C=O) groups excluding carboxylic acids is 1. The van der Waals surface area contributed by atoms with Crippen LogP contribution in [0.2, 0.25) is 0 Å². The largest absolute Gasteiger partial charge is 0.506 e. The van der Waals surface area contributed by atoms with Crippen molar-refractivity contribution >= 4 is 11.6 Å². The van der Waals surface area contributed by atoms with E-state index in [1.165, 1.54) is 44.2 Å². The van der Waals surface area contributed by atoms with Crippen LogP contribution in [0, 0.1) is 5.41 Å². The molecule has 138 valence electrons. The van der Waals surface area contributed by atoms with E-state index in [0.29, 0.717) is 17.2 Å². The van der Waals surface area contributed by atoms with Gasteiger partial charge in [0.05, 0.1) is 11.2 Å². The fourth-order valence-corrected chi connectivity index (χ4v) is 8.47. The van der Waals surface area contributed by atoms with E-state index in [9.17, 15) is 9.90 Å². The maximum Gasteiger partial charge on any atom is 0.224 e. The lowest BCUT2D eigenvalue weighted by molar-refractivity contribution is -0.119. The molecule has 0 aromatic heterocycles. The van der Waals surface area contributed by atoms with E-state index in [1.807, 2.05) is 6.07 Å². The summed E-state index contributed by atoms with van der Waals surface area (Å²) in [4.78, 5) is 17.8. The van der Waals surface area contributed by atoms with Gasteiger partial charge in [0.15, 0.2) is 0 Å². The molecular weight excluding hydrogens is 324 g/mol. The molecule has 5 fully saturated rings. The second-order valence-electron chi connectivity index (χ2n) is 9.54. The number of hydrogen-bond donors (Lipinski definition) is 1. The van der Waals surface area contributed by atoms with E-state index in [0.717, 1.165) is 31.5 Å². The molecule has 3 heterocycles. The Morgan fingerprint density at radius 1 is 1.08 bits per heavy atom. The molecule has 1 N–H and O–H groups in total. The van der Waals surface area contributed by atoms with Crippen molar-refractivity contribution in [2.45, 2.75) is 75.3 Å². The summed E-state index contributed by atoms with van der Waals surface area (Å²) < 4.78 is 0. The Kier molecular flexibility index (Phi) is 2.77. The summed E-state index contributed by atoms with van der Waals surface area (Å²) in [5.74, 6) is 0.398. The second-order valence-corrected chi connectivity index (χ2v) is 9.54. The van der Waals surface area contributed by atoms with Crippen LogP contribution >= 0.6 is 0 Å². The van der Waals surface area contributed by atoms with Crippen molar-refractivity contribution in [2.75, 3.05) is 18.0 Å². The lowest BCUT2D eigenvalue weighted by atomic mass is 9.49. The lowest BCUT2D eigenvalue weighted by Crippen LogP contribution is -2.70. The first-order chi connectivity index (χ1) is 12.6. The van der Waals surface area contributed by atoms with E-state index in [4.69, 9.17) is 0 Å². The Balaban J connectivity index is 1.71. The summed E-state index contributed by atoms with van der Waals surface area (Å²) in [5.41, 5.74) is 2.42. The first kappa shape index (κ1) is 15.5. The van der Waals surface area contributed by atoms with Crippen LogP contribution in [0.25, 0.3) is 0 Å². The van der Waals surface area contributed by atoms with Crippen LogP contribution in [-0.4, -0.2) is 40.6 Å². The number of phenolic OH excluding ortho intramolecular Hbond substituents is 1. The zero-order valence-electron chi connectivity index (χ0n) is 15.6. The van der Waals surface area contributed by atoms with Gasteiger partial charge in [-0.15, -0.1) is 0 Å². The molecule has 4 heteroatoms. The third-order valence-electron chi connectivity index (χ3n) is 8.92. The van der Waals surface area contributed by atoms with Crippen LogP contribution in [0.5, 0.6) is 5.75 Å². The molecule has 1 aromatic rings. The van der Waals surface area contributed by atoms with Gasteiger partial charge in [0.2, 0.25) is 5.91 Å². The summed E-state index contributed by atoms with van der Waals surface area (Å²) in [6.07, 6.45) is 9.78. The van der Waals surface area contributed by atoms with Gasteiger partial charge in [-0.05, 0) is 75.1 Å². The van der Waals surface area contributed by atoms with Gasteiger partial charge in [0.25, 0.3) is 0 Å². The molecular formula is C22H28N2O2. The zero-order valence-corrected chi connectivity index (χ0v) is 15.6. The van der Waals surface area contributed by atoms with Crippen LogP contribution in [0.1, 0.15) is 63.9 Å². The molecule has 3 saturated carbocycles. The van der Waals surface area contributed by atoms with E-state index in [2.05, 4.69) is 15.9 Å². The number of benzene rings is 1. The summed E-state index contributed by atoms with van der Waals surface area (Å²) in [6.45, 7) is 4.05. The predicted molar refractivity (Wildman–Crippen MR) is 100 cm³/mol. The molecule has 0 radical (unpaired) electrons. The maximum atomic E-state index is 12.9. The number of fused-ring (bicyclic) bond motifs is 4. The molecule has 2 bridgehead atoms. The Bertz CT molecular complexity index is 822. The highest BCUT2D eigenvalue weighted by molar-refractivity contribution is 5.99. The molecule has 4 nitrogen and oxygen atoms in total. The number of piperidine rings is 1. The molecule has 7 rings (SSSR count). The lowest BCUT2D eigenvalue weighted by Gasteiger charge is -2.61. The quantitative estimate of drug-likeness (QED) is 0.776. The number of amides is 1. The molecule has 3 spiro atoms. The number of aromatic hydroxyl groups is 1. The van der Waals surface area contributed by atoms with Gasteiger partial charge >= 0.3 is 0 Å². The van der Waals surface area contributed by atoms with Crippen molar-refractivity contribution in [2.24, 2.45) is 5.41 Å². The van der Waals surface area contributed by atoms with Gasteiger partial charge in [-0.25, -0.2) is 0 Å². The number of hydrogen-bond acceptors (Lipinski definition) is 3. The van der Waals surface area contributed by atoms with Gasteiger partial charge in [0.1, 0.15) is 5.75 Å². The number of carbonyl (C=O) groups is 1. The number of rotatable bonds is 0. The Labute approximate surface area is 155 Å². The van der Waals surface area contributed by atoms with Crippen LogP contribution in [0.15, 0.2) is 18.2 Å². The first-order valence-electron chi connectivity index (χ1n) is 10.4. The van der Waals surface area contributed by atoms with Crippen LogP contribution < -0.4 is 4.90 Å². The highest BCUT2D eigenvalue weighted by atomic mass is 16.3. The van der Waals surface area contributed by atoms with Crippen LogP contribution in [0.4, 0.5) is 5.69 Å². The van der Waals surface area contributed by atoms with Crippen LogP contribution in [0.3, 0.4) is 0 Å². The van der Waals surface area contributed by atoms with Crippen molar-refractivity contribution < 1.29 is 9.90 Å². The van der Waals surface area contributed by atoms with Gasteiger partial charge in [-0.2, -0.15) is 0 Å².